The molecule has 1 heterocycles. The molecule has 0 radical (unpaired) electrons. The van der Waals surface area contributed by atoms with Crippen molar-refractivity contribution in [3.8, 4) is 5.75 Å². The zero-order valence-electron chi connectivity index (χ0n) is 10.2. The zero-order valence-corrected chi connectivity index (χ0v) is 10.9. The Morgan fingerprint density at radius 1 is 1.39 bits per heavy atom. The third-order valence-corrected chi connectivity index (χ3v) is 3.08. The van der Waals surface area contributed by atoms with Gasteiger partial charge in [-0.1, -0.05) is 11.6 Å². The van der Waals surface area contributed by atoms with Crippen LogP contribution in [0.15, 0.2) is 20.2 Å². The van der Waals surface area contributed by atoms with Gasteiger partial charge in [0, 0.05) is 0 Å². The third kappa shape index (κ3) is 1.71. The van der Waals surface area contributed by atoms with Gasteiger partial charge in [0.1, 0.15) is 5.75 Å². The van der Waals surface area contributed by atoms with Crippen LogP contribution >= 0.6 is 11.6 Å². The summed E-state index contributed by atoms with van der Waals surface area (Å²) in [7, 11) is 0. The molecule has 0 saturated heterocycles. The lowest BCUT2D eigenvalue weighted by Gasteiger charge is -2.10. The van der Waals surface area contributed by atoms with Crippen molar-refractivity contribution in [2.24, 2.45) is 0 Å². The maximum absolute atomic E-state index is 12.1. The van der Waals surface area contributed by atoms with Crippen LogP contribution in [-0.2, 0) is 0 Å². The van der Waals surface area contributed by atoms with E-state index in [0.29, 0.717) is 5.56 Å². The standard InChI is InChI=1S/C12H12ClNO4/c1-5(2)14-11(16)7-4-6(3)10(15)9(13)8(7)12(17)18-14/h4-5,15H,1-3H3. The summed E-state index contributed by atoms with van der Waals surface area (Å²) < 4.78 is 5.91. The van der Waals surface area contributed by atoms with Crippen LogP contribution in [0.3, 0.4) is 0 Å². The SMILES string of the molecule is Cc1cc2c(=O)n(C(C)C)oc(=O)c2c(Cl)c1O. The Kier molecular flexibility index (Phi) is 2.94. The van der Waals surface area contributed by atoms with Crippen molar-refractivity contribution in [2.75, 3.05) is 0 Å². The molecule has 0 fully saturated rings. The Labute approximate surface area is 107 Å². The van der Waals surface area contributed by atoms with E-state index in [4.69, 9.17) is 16.1 Å². The van der Waals surface area contributed by atoms with E-state index in [1.807, 2.05) is 0 Å². The number of aromatic hydroxyl groups is 1. The molecule has 5 nitrogen and oxygen atoms in total. The number of hydrogen-bond acceptors (Lipinski definition) is 4. The van der Waals surface area contributed by atoms with E-state index in [1.54, 1.807) is 20.8 Å². The molecule has 0 saturated carbocycles. The largest absolute Gasteiger partial charge is 0.506 e. The van der Waals surface area contributed by atoms with E-state index >= 15 is 0 Å². The highest BCUT2D eigenvalue weighted by atomic mass is 35.5. The maximum atomic E-state index is 12.1. The lowest BCUT2D eigenvalue weighted by molar-refractivity contribution is 0.201. The van der Waals surface area contributed by atoms with Gasteiger partial charge < -0.3 is 9.63 Å². The monoisotopic (exact) mass is 269 g/mol. The molecule has 1 aromatic heterocycles. The minimum absolute atomic E-state index is 0.0818. The molecule has 96 valence electrons. The summed E-state index contributed by atoms with van der Waals surface area (Å²) in [4.78, 5) is 23.9. The van der Waals surface area contributed by atoms with Crippen molar-refractivity contribution in [1.82, 2.24) is 4.74 Å². The van der Waals surface area contributed by atoms with Gasteiger partial charge in [0.05, 0.1) is 21.8 Å². The van der Waals surface area contributed by atoms with Crippen LogP contribution < -0.4 is 11.2 Å². The molecule has 0 bridgehead atoms. The molecule has 1 aromatic carbocycles. The zero-order chi connectivity index (χ0) is 13.6. The summed E-state index contributed by atoms with van der Waals surface area (Å²) in [6.45, 7) is 5.06. The first kappa shape index (κ1) is 12.7. The number of phenolic OH excluding ortho intramolecular Hbond substituents is 1. The third-order valence-electron chi connectivity index (χ3n) is 2.72. The van der Waals surface area contributed by atoms with Crippen LogP contribution in [0, 0.1) is 6.92 Å². The molecule has 0 amide bonds. The molecule has 0 spiro atoms. The number of aryl methyl sites for hydroxylation is 1. The van der Waals surface area contributed by atoms with Gasteiger partial charge in [0.2, 0.25) is 0 Å². The van der Waals surface area contributed by atoms with Crippen LogP contribution in [-0.4, -0.2) is 9.85 Å². The molecule has 0 aliphatic carbocycles. The van der Waals surface area contributed by atoms with E-state index in [9.17, 15) is 14.7 Å². The number of hydrogen-bond donors (Lipinski definition) is 1. The first-order valence-electron chi connectivity index (χ1n) is 5.42. The smallest absolute Gasteiger partial charge is 0.365 e. The minimum atomic E-state index is -0.737. The van der Waals surface area contributed by atoms with Crippen molar-refractivity contribution in [3.63, 3.8) is 0 Å². The second-order valence-electron chi connectivity index (χ2n) is 4.38. The van der Waals surface area contributed by atoms with Crippen LogP contribution in [0.25, 0.3) is 10.8 Å². The predicted octanol–water partition coefficient (Wildman–Crippen LogP) is 2.20. The number of rotatable bonds is 1. The summed E-state index contributed by atoms with van der Waals surface area (Å²) in [5.41, 5.74) is -0.742. The number of nitrogens with zero attached hydrogens (tertiary/aromatic N) is 1. The van der Waals surface area contributed by atoms with Crippen LogP contribution in [0.4, 0.5) is 0 Å². The summed E-state index contributed by atoms with van der Waals surface area (Å²) in [5.74, 6) is -0.210. The lowest BCUT2D eigenvalue weighted by atomic mass is 10.1. The number of halogens is 1. The molecule has 2 rings (SSSR count). The second kappa shape index (κ2) is 4.17. The summed E-state index contributed by atoms with van der Waals surface area (Å²) in [6, 6.07) is 1.16. The number of aromatic nitrogens is 1. The first-order valence-corrected chi connectivity index (χ1v) is 5.80. The van der Waals surface area contributed by atoms with Crippen molar-refractivity contribution < 1.29 is 9.63 Å². The van der Waals surface area contributed by atoms with Gasteiger partial charge in [0.15, 0.2) is 0 Å². The summed E-state index contributed by atoms with van der Waals surface area (Å²) in [6.07, 6.45) is 0. The fraction of sp³-hybridized carbons (Fsp3) is 0.333. The molecule has 0 aliphatic heterocycles. The first-order chi connectivity index (χ1) is 8.34. The highest BCUT2D eigenvalue weighted by molar-refractivity contribution is 6.37. The minimum Gasteiger partial charge on any atom is -0.506 e. The van der Waals surface area contributed by atoms with Gasteiger partial charge in [-0.15, -0.1) is 0 Å². The number of fused-ring (bicyclic) bond motifs is 1. The van der Waals surface area contributed by atoms with E-state index < -0.39 is 11.2 Å². The average molecular weight is 270 g/mol. The topological polar surface area (TPSA) is 72.4 Å². The molecule has 0 unspecified atom stereocenters. The Hall–Kier alpha value is -1.75. The van der Waals surface area contributed by atoms with Crippen LogP contribution in [0.1, 0.15) is 25.5 Å². The Balaban J connectivity index is 3.09. The number of phenols is 1. The van der Waals surface area contributed by atoms with Gasteiger partial charge in [-0.3, -0.25) is 4.79 Å². The van der Waals surface area contributed by atoms with E-state index in [-0.39, 0.29) is 27.6 Å². The van der Waals surface area contributed by atoms with Gasteiger partial charge in [-0.05, 0) is 32.4 Å². The summed E-state index contributed by atoms with van der Waals surface area (Å²) >= 11 is 5.88. The van der Waals surface area contributed by atoms with E-state index in [1.165, 1.54) is 6.07 Å². The molecule has 2 aromatic rings. The van der Waals surface area contributed by atoms with Crippen LogP contribution in [0.2, 0.25) is 5.02 Å². The molecule has 18 heavy (non-hydrogen) atoms. The molecule has 0 aliphatic rings. The Morgan fingerprint density at radius 2 is 2.00 bits per heavy atom. The van der Waals surface area contributed by atoms with Crippen molar-refractivity contribution in [3.05, 3.63) is 37.4 Å². The molecule has 0 atom stereocenters. The molecular formula is C12H12ClNO4. The van der Waals surface area contributed by atoms with Crippen molar-refractivity contribution in [1.29, 1.82) is 0 Å². The fourth-order valence-electron chi connectivity index (χ4n) is 1.77. The maximum Gasteiger partial charge on any atom is 0.365 e. The van der Waals surface area contributed by atoms with E-state index in [0.717, 1.165) is 4.74 Å². The van der Waals surface area contributed by atoms with Gasteiger partial charge in [-0.25, -0.2) is 4.79 Å². The number of benzene rings is 1. The highest BCUT2D eigenvalue weighted by Crippen LogP contribution is 2.32. The lowest BCUT2D eigenvalue weighted by Crippen LogP contribution is -2.26. The second-order valence-corrected chi connectivity index (χ2v) is 4.76. The Bertz CT molecular complexity index is 742. The van der Waals surface area contributed by atoms with Crippen molar-refractivity contribution in [2.45, 2.75) is 26.8 Å². The average Bonchev–Trinajstić information content (AvgIpc) is 2.29. The summed E-state index contributed by atoms with van der Waals surface area (Å²) in [5, 5.41) is 9.60. The van der Waals surface area contributed by atoms with Gasteiger partial charge in [0.25, 0.3) is 5.56 Å². The molecule has 6 heteroatoms. The molecule has 1 N–H and O–H groups in total. The van der Waals surface area contributed by atoms with E-state index in [2.05, 4.69) is 0 Å². The van der Waals surface area contributed by atoms with Gasteiger partial charge >= 0.3 is 5.63 Å². The Morgan fingerprint density at radius 3 is 2.56 bits per heavy atom. The predicted molar refractivity (Wildman–Crippen MR) is 68.5 cm³/mol. The molecular weight excluding hydrogens is 258 g/mol. The van der Waals surface area contributed by atoms with Crippen molar-refractivity contribution >= 4 is 22.4 Å². The quantitative estimate of drug-likeness (QED) is 0.861. The highest BCUT2D eigenvalue weighted by Gasteiger charge is 2.18. The van der Waals surface area contributed by atoms with Crippen LogP contribution in [0.5, 0.6) is 5.75 Å². The fourth-order valence-corrected chi connectivity index (χ4v) is 2.10. The normalized spacial score (nSPS) is 11.4. The van der Waals surface area contributed by atoms with Gasteiger partial charge in [-0.2, -0.15) is 4.74 Å².